The van der Waals surface area contributed by atoms with Crippen molar-refractivity contribution in [3.63, 3.8) is 0 Å². The number of rotatable bonds is 10. The monoisotopic (exact) mass is 522 g/mol. The molecule has 0 saturated heterocycles. The predicted molar refractivity (Wildman–Crippen MR) is 131 cm³/mol. The van der Waals surface area contributed by atoms with E-state index in [9.17, 15) is 4.79 Å². The van der Waals surface area contributed by atoms with Crippen molar-refractivity contribution in [3.05, 3.63) is 65.7 Å². The Balaban J connectivity index is 0.00000320. The molecule has 1 aliphatic rings. The van der Waals surface area contributed by atoms with Crippen LogP contribution in [0.25, 0.3) is 0 Å². The number of carbonyl (C=O) groups is 1. The molecule has 0 aliphatic heterocycles. The van der Waals surface area contributed by atoms with E-state index in [0.717, 1.165) is 42.2 Å². The zero-order chi connectivity index (χ0) is 20.3. The lowest BCUT2D eigenvalue weighted by molar-refractivity contribution is -0.122. The standard InChI is InChI=1S/C23H30N4O2.HI/c1-2-24-23(26-15-14-25-22(28)19-12-13-19)27-16-20-10-6-7-11-21(20)29-17-18-8-4-3-5-9-18;/h3-11,19H,2,12-17H2,1H3,(H,25,28)(H2,24,26,27);1H. The molecular formula is C23H31IN4O2. The molecule has 162 valence electrons. The minimum Gasteiger partial charge on any atom is -0.489 e. The molecule has 3 N–H and O–H groups in total. The fourth-order valence-electron chi connectivity index (χ4n) is 2.87. The largest absolute Gasteiger partial charge is 0.489 e. The molecule has 1 amide bonds. The highest BCUT2D eigenvalue weighted by Gasteiger charge is 2.28. The third-order valence-electron chi connectivity index (χ3n) is 4.63. The summed E-state index contributed by atoms with van der Waals surface area (Å²) in [4.78, 5) is 16.4. The zero-order valence-electron chi connectivity index (χ0n) is 17.4. The molecule has 30 heavy (non-hydrogen) atoms. The molecule has 0 bridgehead atoms. The number of carbonyl (C=O) groups excluding carboxylic acids is 1. The molecule has 3 rings (SSSR count). The van der Waals surface area contributed by atoms with E-state index in [1.165, 1.54) is 0 Å². The van der Waals surface area contributed by atoms with E-state index >= 15 is 0 Å². The first-order valence-electron chi connectivity index (χ1n) is 10.3. The number of nitrogens with one attached hydrogen (secondary N) is 3. The Hall–Kier alpha value is -2.29. The van der Waals surface area contributed by atoms with Gasteiger partial charge >= 0.3 is 0 Å². The molecule has 0 aromatic heterocycles. The van der Waals surface area contributed by atoms with Crippen molar-refractivity contribution in [3.8, 4) is 5.75 Å². The number of aliphatic imine (C=N–C) groups is 1. The Bertz CT molecular complexity index is 810. The van der Waals surface area contributed by atoms with Gasteiger partial charge in [0.05, 0.1) is 6.54 Å². The van der Waals surface area contributed by atoms with Gasteiger partial charge in [-0.2, -0.15) is 0 Å². The van der Waals surface area contributed by atoms with Crippen molar-refractivity contribution >= 4 is 35.8 Å². The van der Waals surface area contributed by atoms with Crippen LogP contribution in [0.1, 0.15) is 30.9 Å². The molecule has 2 aromatic rings. The highest BCUT2D eigenvalue weighted by atomic mass is 127. The molecular weight excluding hydrogens is 491 g/mol. The second-order valence-corrected chi connectivity index (χ2v) is 7.07. The van der Waals surface area contributed by atoms with Crippen LogP contribution in [0.15, 0.2) is 59.6 Å². The number of halogens is 1. The first-order chi connectivity index (χ1) is 14.3. The Kier molecular flexibility index (Phi) is 10.5. The van der Waals surface area contributed by atoms with Crippen LogP contribution < -0.4 is 20.7 Å². The maximum atomic E-state index is 11.7. The number of benzene rings is 2. The van der Waals surface area contributed by atoms with Gasteiger partial charge < -0.3 is 20.7 Å². The smallest absolute Gasteiger partial charge is 0.223 e. The van der Waals surface area contributed by atoms with E-state index in [-0.39, 0.29) is 35.8 Å². The molecule has 1 saturated carbocycles. The number of hydrogen-bond acceptors (Lipinski definition) is 3. The van der Waals surface area contributed by atoms with Crippen molar-refractivity contribution < 1.29 is 9.53 Å². The Morgan fingerprint density at radius 1 is 1.00 bits per heavy atom. The fourth-order valence-corrected chi connectivity index (χ4v) is 2.87. The van der Waals surface area contributed by atoms with Crippen LogP contribution in [0, 0.1) is 5.92 Å². The van der Waals surface area contributed by atoms with Crippen molar-refractivity contribution in [2.45, 2.75) is 32.9 Å². The van der Waals surface area contributed by atoms with Crippen molar-refractivity contribution in [2.24, 2.45) is 10.9 Å². The van der Waals surface area contributed by atoms with E-state index in [1.54, 1.807) is 0 Å². The summed E-state index contributed by atoms with van der Waals surface area (Å²) >= 11 is 0. The van der Waals surface area contributed by atoms with Gasteiger partial charge in [0, 0.05) is 31.1 Å². The quantitative estimate of drug-likeness (QED) is 0.194. The molecule has 1 fully saturated rings. The Labute approximate surface area is 195 Å². The molecule has 0 unspecified atom stereocenters. The maximum Gasteiger partial charge on any atom is 0.223 e. The van der Waals surface area contributed by atoms with Crippen molar-refractivity contribution in [1.29, 1.82) is 0 Å². The summed E-state index contributed by atoms with van der Waals surface area (Å²) in [5.41, 5.74) is 2.16. The Morgan fingerprint density at radius 2 is 1.70 bits per heavy atom. The van der Waals surface area contributed by atoms with Crippen LogP contribution in [0.2, 0.25) is 0 Å². The SMILES string of the molecule is CCNC(=NCc1ccccc1OCc1ccccc1)NCCNC(=O)C1CC1.I. The molecule has 6 nitrogen and oxygen atoms in total. The van der Waals surface area contributed by atoms with Gasteiger partial charge in [-0.3, -0.25) is 4.79 Å². The minimum atomic E-state index is 0. The first-order valence-corrected chi connectivity index (χ1v) is 10.3. The van der Waals surface area contributed by atoms with Crippen molar-refractivity contribution in [2.75, 3.05) is 19.6 Å². The molecule has 0 heterocycles. The van der Waals surface area contributed by atoms with Gasteiger partial charge in [0.25, 0.3) is 0 Å². The summed E-state index contributed by atoms with van der Waals surface area (Å²) < 4.78 is 6.01. The average molecular weight is 522 g/mol. The normalized spacial score (nSPS) is 13.2. The van der Waals surface area contributed by atoms with Crippen LogP contribution in [-0.4, -0.2) is 31.5 Å². The third kappa shape index (κ3) is 8.22. The molecule has 0 spiro atoms. The third-order valence-corrected chi connectivity index (χ3v) is 4.63. The molecule has 7 heteroatoms. The summed E-state index contributed by atoms with van der Waals surface area (Å²) in [5.74, 6) is 1.97. The van der Waals surface area contributed by atoms with Gasteiger partial charge in [0.2, 0.25) is 5.91 Å². The van der Waals surface area contributed by atoms with Gasteiger partial charge in [-0.15, -0.1) is 24.0 Å². The lowest BCUT2D eigenvalue weighted by Gasteiger charge is -2.13. The van der Waals surface area contributed by atoms with Gasteiger partial charge in [0.1, 0.15) is 12.4 Å². The van der Waals surface area contributed by atoms with E-state index < -0.39 is 0 Å². The van der Waals surface area contributed by atoms with Gasteiger partial charge in [-0.25, -0.2) is 4.99 Å². The second-order valence-electron chi connectivity index (χ2n) is 7.07. The molecule has 0 radical (unpaired) electrons. The van der Waals surface area contributed by atoms with E-state index in [2.05, 4.69) is 33.1 Å². The van der Waals surface area contributed by atoms with Crippen LogP contribution in [-0.2, 0) is 17.9 Å². The highest BCUT2D eigenvalue weighted by molar-refractivity contribution is 14.0. The van der Waals surface area contributed by atoms with Crippen molar-refractivity contribution in [1.82, 2.24) is 16.0 Å². The predicted octanol–water partition coefficient (Wildman–Crippen LogP) is 3.46. The van der Waals surface area contributed by atoms with Gasteiger partial charge in [-0.1, -0.05) is 48.5 Å². The number of ether oxygens (including phenoxy) is 1. The Morgan fingerprint density at radius 3 is 2.43 bits per heavy atom. The van der Waals surface area contributed by atoms with Crippen LogP contribution >= 0.6 is 24.0 Å². The number of guanidine groups is 1. The minimum absolute atomic E-state index is 0. The molecule has 1 aliphatic carbocycles. The maximum absolute atomic E-state index is 11.7. The van der Waals surface area contributed by atoms with E-state index in [0.29, 0.717) is 26.2 Å². The van der Waals surface area contributed by atoms with Crippen LogP contribution in [0.5, 0.6) is 5.75 Å². The first kappa shape index (κ1) is 24.0. The van der Waals surface area contributed by atoms with Gasteiger partial charge in [0.15, 0.2) is 5.96 Å². The summed E-state index contributed by atoms with van der Waals surface area (Å²) in [6.45, 7) is 5.07. The number of hydrogen-bond donors (Lipinski definition) is 3. The van der Waals surface area contributed by atoms with E-state index in [1.807, 2.05) is 49.4 Å². The topological polar surface area (TPSA) is 74.8 Å². The summed E-state index contributed by atoms with van der Waals surface area (Å²) in [7, 11) is 0. The second kappa shape index (κ2) is 13.1. The lowest BCUT2D eigenvalue weighted by Crippen LogP contribution is -2.41. The number of amides is 1. The lowest BCUT2D eigenvalue weighted by atomic mass is 10.2. The molecule has 2 aromatic carbocycles. The zero-order valence-corrected chi connectivity index (χ0v) is 19.7. The van der Waals surface area contributed by atoms with Crippen LogP contribution in [0.3, 0.4) is 0 Å². The molecule has 0 atom stereocenters. The summed E-state index contributed by atoms with van der Waals surface area (Å²) in [6, 6.07) is 18.1. The number of nitrogens with zero attached hydrogens (tertiary/aromatic N) is 1. The fraction of sp³-hybridized carbons (Fsp3) is 0.391. The number of para-hydroxylation sites is 1. The summed E-state index contributed by atoms with van der Waals surface area (Å²) in [5, 5.41) is 9.46. The van der Waals surface area contributed by atoms with Gasteiger partial charge in [-0.05, 0) is 31.4 Å². The van der Waals surface area contributed by atoms with Crippen LogP contribution in [0.4, 0.5) is 0 Å². The average Bonchev–Trinajstić information content (AvgIpc) is 3.60. The summed E-state index contributed by atoms with van der Waals surface area (Å²) in [6.07, 6.45) is 2.05. The van der Waals surface area contributed by atoms with E-state index in [4.69, 9.17) is 4.74 Å². The highest BCUT2D eigenvalue weighted by Crippen LogP contribution is 2.28.